The molecule has 17 heavy (non-hydrogen) atoms. The molecule has 0 fully saturated rings. The molecule has 0 aliphatic carbocycles. The van der Waals surface area contributed by atoms with Crippen molar-refractivity contribution in [3.8, 4) is 0 Å². The van der Waals surface area contributed by atoms with Gasteiger partial charge in [0.15, 0.2) is 0 Å². The predicted molar refractivity (Wildman–Crippen MR) is 61.7 cm³/mol. The summed E-state index contributed by atoms with van der Waals surface area (Å²) in [7, 11) is -2.82. The smallest absolute Gasteiger partial charge is 0.311 e. The Morgan fingerprint density at radius 2 is 1.76 bits per heavy atom. The first-order valence-corrected chi connectivity index (χ1v) is 5.43. The fraction of sp³-hybridized carbons (Fsp3) is 0.333. The summed E-state index contributed by atoms with van der Waals surface area (Å²) >= 11 is 0. The van der Waals surface area contributed by atoms with Crippen molar-refractivity contribution in [2.24, 2.45) is 10.1 Å². The van der Waals surface area contributed by atoms with E-state index in [1.54, 1.807) is 0 Å². The zero-order valence-corrected chi connectivity index (χ0v) is 10.3. The normalized spacial score (nSPS) is 10.5. The Kier molecular flexibility index (Phi) is 6.22. The molecule has 0 amide bonds. The summed E-state index contributed by atoms with van der Waals surface area (Å²) in [6.45, 7) is -0.814. The molecule has 0 bridgehead atoms. The number of hydrogen-bond acceptors (Lipinski definition) is 4. The summed E-state index contributed by atoms with van der Waals surface area (Å²) in [6, 6.07) is 5.37. The lowest BCUT2D eigenvalue weighted by molar-refractivity contribution is 0.00692. The molecule has 0 radical (unpaired) electrons. The third-order valence-electron chi connectivity index (χ3n) is 1.98. The van der Waals surface area contributed by atoms with Crippen LogP contribution in [0.25, 0.3) is 0 Å². The maximum absolute atomic E-state index is 13.4. The Hall–Kier alpha value is -1.05. The molecule has 0 aliphatic heterocycles. The minimum atomic E-state index is -3.28. The van der Waals surface area contributed by atoms with Gasteiger partial charge >= 0.3 is 10.5 Å². The van der Waals surface area contributed by atoms with Gasteiger partial charge in [0, 0.05) is 12.1 Å². The molecule has 0 saturated carbocycles. The van der Waals surface area contributed by atoms with Gasteiger partial charge < -0.3 is 5.73 Å². The molecule has 96 valence electrons. The first-order valence-electron chi connectivity index (χ1n) is 4.40. The van der Waals surface area contributed by atoms with E-state index >= 15 is 0 Å². The van der Waals surface area contributed by atoms with Crippen molar-refractivity contribution in [3.63, 3.8) is 0 Å². The zero-order chi connectivity index (χ0) is 12.2. The van der Waals surface area contributed by atoms with E-state index in [0.29, 0.717) is 0 Å². The summed E-state index contributed by atoms with van der Waals surface area (Å²) < 4.78 is 49.6. The second kappa shape index (κ2) is 6.63. The van der Waals surface area contributed by atoms with Crippen LogP contribution in [-0.2, 0) is 23.0 Å². The van der Waals surface area contributed by atoms with Gasteiger partial charge in [0.1, 0.15) is 6.54 Å². The number of halogens is 3. The van der Waals surface area contributed by atoms with E-state index in [1.807, 2.05) is 0 Å². The van der Waals surface area contributed by atoms with Gasteiger partial charge in [-0.25, -0.2) is 0 Å². The molecule has 1 rings (SSSR count). The van der Waals surface area contributed by atoms with E-state index in [2.05, 4.69) is 4.36 Å². The summed E-state index contributed by atoms with van der Waals surface area (Å²) in [4.78, 5) is 0. The zero-order valence-electron chi connectivity index (χ0n) is 8.64. The van der Waals surface area contributed by atoms with E-state index < -0.39 is 23.0 Å². The quantitative estimate of drug-likeness (QED) is 0.915. The average Bonchev–Trinajstić information content (AvgIpc) is 2.27. The lowest BCUT2D eigenvalue weighted by Gasteiger charge is -2.13. The molecule has 0 unspecified atom stereocenters. The highest BCUT2D eigenvalue weighted by Gasteiger charge is 2.31. The van der Waals surface area contributed by atoms with Gasteiger partial charge in [-0.15, -0.1) is 12.4 Å². The monoisotopic (exact) mass is 284 g/mol. The van der Waals surface area contributed by atoms with Crippen molar-refractivity contribution in [2.75, 3.05) is 6.54 Å². The van der Waals surface area contributed by atoms with Crippen molar-refractivity contribution in [3.05, 3.63) is 35.4 Å². The first-order chi connectivity index (χ1) is 7.45. The lowest BCUT2D eigenvalue weighted by Crippen LogP contribution is -2.17. The minimum Gasteiger partial charge on any atom is -0.326 e. The second-order valence-corrected chi connectivity index (χ2v) is 3.80. The number of nitrogens with zero attached hydrogens (tertiary/aromatic N) is 1. The van der Waals surface area contributed by atoms with Crippen LogP contribution in [0.15, 0.2) is 28.6 Å². The molecule has 2 N–H and O–H groups in total. The first kappa shape index (κ1) is 16.0. The largest absolute Gasteiger partial charge is 0.326 e. The minimum absolute atomic E-state index is 0. The average molecular weight is 285 g/mol. The van der Waals surface area contributed by atoms with Gasteiger partial charge in [0.25, 0.3) is 5.92 Å². The number of alkyl halides is 2. The summed E-state index contributed by atoms with van der Waals surface area (Å²) in [5, 5.41) is 0. The van der Waals surface area contributed by atoms with Crippen LogP contribution >= 0.6 is 12.4 Å². The van der Waals surface area contributed by atoms with Crippen LogP contribution in [0.5, 0.6) is 0 Å². The van der Waals surface area contributed by atoms with E-state index in [-0.39, 0.29) is 24.5 Å². The van der Waals surface area contributed by atoms with Crippen LogP contribution in [0.4, 0.5) is 8.78 Å². The number of benzene rings is 1. The highest BCUT2D eigenvalue weighted by atomic mass is 35.5. The van der Waals surface area contributed by atoms with Crippen LogP contribution in [0.1, 0.15) is 11.1 Å². The number of hydrogen-bond donors (Lipinski definition) is 1. The molecule has 0 saturated heterocycles. The standard InChI is InChI=1S/C9H10F2N2O2S.ClH/c10-9(11,6-13-16(14)15)8-3-1-7(5-12)2-4-8;/h1-4H,5-6,12H2;1H. The van der Waals surface area contributed by atoms with E-state index in [9.17, 15) is 17.2 Å². The fourth-order valence-corrected chi connectivity index (χ4v) is 1.38. The molecular formula is C9H11ClF2N2O2S. The highest BCUT2D eigenvalue weighted by Crippen LogP contribution is 2.28. The Morgan fingerprint density at radius 3 is 2.18 bits per heavy atom. The predicted octanol–water partition coefficient (Wildman–Crippen LogP) is 1.72. The molecule has 1 aromatic rings. The maximum Gasteiger partial charge on any atom is 0.311 e. The van der Waals surface area contributed by atoms with Gasteiger partial charge in [-0.3, -0.25) is 0 Å². The second-order valence-electron chi connectivity index (χ2n) is 3.11. The van der Waals surface area contributed by atoms with Crippen LogP contribution in [0.2, 0.25) is 0 Å². The van der Waals surface area contributed by atoms with E-state index in [0.717, 1.165) is 5.56 Å². The van der Waals surface area contributed by atoms with Gasteiger partial charge in [-0.05, 0) is 5.56 Å². The highest BCUT2D eigenvalue weighted by molar-refractivity contribution is 7.61. The lowest BCUT2D eigenvalue weighted by atomic mass is 10.1. The van der Waals surface area contributed by atoms with Crippen LogP contribution in [-0.4, -0.2) is 15.0 Å². The Morgan fingerprint density at radius 1 is 1.24 bits per heavy atom. The summed E-state index contributed by atoms with van der Waals surface area (Å²) in [5.41, 5.74) is 5.77. The molecule has 1 aromatic carbocycles. The molecule has 0 atom stereocenters. The molecule has 4 nitrogen and oxygen atoms in total. The number of nitrogens with two attached hydrogens (primary N) is 1. The molecule has 8 heteroatoms. The van der Waals surface area contributed by atoms with E-state index in [4.69, 9.17) is 5.73 Å². The van der Waals surface area contributed by atoms with Crippen molar-refractivity contribution in [1.29, 1.82) is 0 Å². The third-order valence-corrected chi connectivity index (χ3v) is 2.32. The fourth-order valence-electron chi connectivity index (χ4n) is 1.11. The topological polar surface area (TPSA) is 72.5 Å². The summed E-state index contributed by atoms with van der Waals surface area (Å²) in [5.74, 6) is -3.28. The van der Waals surface area contributed by atoms with Crippen LogP contribution in [0, 0.1) is 0 Å². The molecular weight excluding hydrogens is 274 g/mol. The van der Waals surface area contributed by atoms with Crippen molar-refractivity contribution >= 4 is 22.9 Å². The van der Waals surface area contributed by atoms with Crippen LogP contribution in [0.3, 0.4) is 0 Å². The molecule has 0 spiro atoms. The van der Waals surface area contributed by atoms with Gasteiger partial charge in [0.05, 0.1) is 0 Å². The van der Waals surface area contributed by atoms with Gasteiger partial charge in [-0.1, -0.05) is 24.3 Å². The maximum atomic E-state index is 13.4. The summed E-state index contributed by atoms with van der Waals surface area (Å²) in [6.07, 6.45) is 0. The van der Waals surface area contributed by atoms with Crippen LogP contribution < -0.4 is 5.73 Å². The Labute approximate surface area is 105 Å². The Balaban J connectivity index is 0.00000256. The third kappa shape index (κ3) is 4.76. The number of rotatable bonds is 4. The van der Waals surface area contributed by atoms with Crippen molar-refractivity contribution < 1.29 is 17.2 Å². The van der Waals surface area contributed by atoms with E-state index in [1.165, 1.54) is 24.3 Å². The van der Waals surface area contributed by atoms with Crippen molar-refractivity contribution in [1.82, 2.24) is 0 Å². The molecule has 0 aliphatic rings. The van der Waals surface area contributed by atoms with Crippen molar-refractivity contribution in [2.45, 2.75) is 12.5 Å². The van der Waals surface area contributed by atoms with Gasteiger partial charge in [-0.2, -0.15) is 21.6 Å². The Bertz CT molecular complexity index is 480. The SMILES string of the molecule is Cl.NCc1ccc(C(F)(F)CN=S(=O)=O)cc1. The van der Waals surface area contributed by atoms with Gasteiger partial charge in [0.2, 0.25) is 0 Å². The molecule has 0 aromatic heterocycles. The molecule has 0 heterocycles.